The largest absolute Gasteiger partial charge is 0.488 e. The van der Waals surface area contributed by atoms with E-state index in [-0.39, 0.29) is 39.6 Å². The van der Waals surface area contributed by atoms with Crippen LogP contribution in [0.15, 0.2) is 104 Å². The number of rotatable bonds is 21. The van der Waals surface area contributed by atoms with Gasteiger partial charge in [-0.2, -0.15) is 10.5 Å². The topological polar surface area (TPSA) is 163 Å². The molecule has 0 saturated heterocycles. The number of benzene rings is 4. The molecule has 312 valence electrons. The van der Waals surface area contributed by atoms with Crippen molar-refractivity contribution < 1.29 is 29.2 Å². The third-order valence-corrected chi connectivity index (χ3v) is 10.4. The Hall–Kier alpha value is -6.18. The van der Waals surface area contributed by atoms with E-state index in [1.165, 1.54) is 12.4 Å². The SMILES string of the molecule is Cc1c(COc2cc(OCc3cncc(C#N)c3)c(CNCCO)cc2Cl)cccc1-c1cccc(COc2cc(OCc3cncc(C#N)c3)c(CCCCO)cc2Cl)c1. The number of aliphatic hydroxyl groups excluding tert-OH is 2. The van der Waals surface area contributed by atoms with E-state index in [2.05, 4.69) is 52.5 Å². The zero-order chi connectivity index (χ0) is 43.0. The van der Waals surface area contributed by atoms with Gasteiger partial charge in [-0.05, 0) is 89.9 Å². The lowest BCUT2D eigenvalue weighted by atomic mass is 9.95. The Morgan fingerprint density at radius 2 is 1.20 bits per heavy atom. The van der Waals surface area contributed by atoms with Crippen LogP contribution in [0, 0.1) is 29.6 Å². The average molecular weight is 859 g/mol. The summed E-state index contributed by atoms with van der Waals surface area (Å²) in [6.07, 6.45) is 8.39. The molecule has 0 saturated carbocycles. The van der Waals surface area contributed by atoms with Crippen molar-refractivity contribution in [2.45, 2.75) is 59.2 Å². The molecule has 6 rings (SSSR count). The Morgan fingerprint density at radius 3 is 1.84 bits per heavy atom. The van der Waals surface area contributed by atoms with E-state index in [0.717, 1.165) is 56.5 Å². The lowest BCUT2D eigenvalue weighted by Crippen LogP contribution is -2.18. The number of pyridine rings is 2. The summed E-state index contributed by atoms with van der Waals surface area (Å²) in [5, 5.41) is 41.3. The lowest BCUT2D eigenvalue weighted by molar-refractivity contribution is 0.280. The first kappa shape index (κ1) is 44.4. The molecule has 11 nitrogen and oxygen atoms in total. The van der Waals surface area contributed by atoms with Crippen LogP contribution in [0.1, 0.15) is 62.9 Å². The molecule has 0 unspecified atom stereocenters. The van der Waals surface area contributed by atoms with E-state index in [1.807, 2.05) is 30.3 Å². The van der Waals surface area contributed by atoms with Gasteiger partial charge in [-0.15, -0.1) is 0 Å². The Balaban J connectivity index is 1.16. The van der Waals surface area contributed by atoms with Gasteiger partial charge in [0.15, 0.2) is 0 Å². The third-order valence-electron chi connectivity index (χ3n) is 9.79. The van der Waals surface area contributed by atoms with Crippen LogP contribution in [0.2, 0.25) is 10.0 Å². The van der Waals surface area contributed by atoms with Gasteiger partial charge in [0, 0.05) is 73.3 Å². The molecular formula is C48H45Cl2N5O6. The number of nitrogens with zero attached hydrogens (tertiary/aromatic N) is 4. The van der Waals surface area contributed by atoms with Gasteiger partial charge in [-0.3, -0.25) is 9.97 Å². The number of aromatic nitrogens is 2. The molecule has 0 aliphatic rings. The molecule has 0 spiro atoms. The highest BCUT2D eigenvalue weighted by Gasteiger charge is 2.16. The van der Waals surface area contributed by atoms with Crippen LogP contribution in [0.5, 0.6) is 23.0 Å². The molecule has 61 heavy (non-hydrogen) atoms. The van der Waals surface area contributed by atoms with Crippen LogP contribution >= 0.6 is 23.2 Å². The summed E-state index contributed by atoms with van der Waals surface area (Å²) in [7, 11) is 0. The predicted octanol–water partition coefficient (Wildman–Crippen LogP) is 9.22. The molecule has 0 atom stereocenters. The molecule has 0 radical (unpaired) electrons. The van der Waals surface area contributed by atoms with Crippen LogP contribution in [0.25, 0.3) is 11.1 Å². The number of halogens is 2. The lowest BCUT2D eigenvalue weighted by Gasteiger charge is -2.17. The maximum Gasteiger partial charge on any atom is 0.142 e. The minimum absolute atomic E-state index is 0.0103. The Kier molecular flexibility index (Phi) is 16.3. The molecule has 6 aromatic rings. The van der Waals surface area contributed by atoms with Crippen LogP contribution in [-0.4, -0.2) is 39.9 Å². The van der Waals surface area contributed by atoms with Crippen molar-refractivity contribution in [3.8, 4) is 46.3 Å². The van der Waals surface area contributed by atoms with Gasteiger partial charge in [0.25, 0.3) is 0 Å². The summed E-state index contributed by atoms with van der Waals surface area (Å²) in [5.74, 6) is 2.08. The summed E-state index contributed by atoms with van der Waals surface area (Å²) in [5.41, 5.74) is 9.07. The fourth-order valence-corrected chi connectivity index (χ4v) is 7.06. The van der Waals surface area contributed by atoms with Crippen molar-refractivity contribution in [3.05, 3.63) is 164 Å². The monoisotopic (exact) mass is 857 g/mol. The molecule has 4 aromatic carbocycles. The molecule has 0 fully saturated rings. The van der Waals surface area contributed by atoms with Gasteiger partial charge >= 0.3 is 0 Å². The van der Waals surface area contributed by atoms with Crippen LogP contribution in [0.3, 0.4) is 0 Å². The Labute approximate surface area is 365 Å². The quantitative estimate of drug-likeness (QED) is 0.0592. The smallest absolute Gasteiger partial charge is 0.142 e. The molecule has 2 aromatic heterocycles. The second-order valence-electron chi connectivity index (χ2n) is 14.2. The zero-order valence-corrected chi connectivity index (χ0v) is 35.2. The average Bonchev–Trinajstić information content (AvgIpc) is 3.28. The number of nitriles is 2. The molecule has 0 aliphatic carbocycles. The van der Waals surface area contributed by atoms with E-state index >= 15 is 0 Å². The first-order valence-electron chi connectivity index (χ1n) is 19.7. The van der Waals surface area contributed by atoms with E-state index in [9.17, 15) is 20.7 Å². The molecule has 0 amide bonds. The third kappa shape index (κ3) is 12.4. The second-order valence-corrected chi connectivity index (χ2v) is 15.0. The predicted molar refractivity (Wildman–Crippen MR) is 234 cm³/mol. The van der Waals surface area contributed by atoms with Crippen LogP contribution in [0.4, 0.5) is 0 Å². The van der Waals surface area contributed by atoms with E-state index in [4.69, 9.17) is 42.1 Å². The molecule has 0 aliphatic heterocycles. The highest BCUT2D eigenvalue weighted by atomic mass is 35.5. The highest BCUT2D eigenvalue weighted by Crippen LogP contribution is 2.37. The Bertz CT molecular complexity index is 2520. The van der Waals surface area contributed by atoms with Gasteiger partial charge in [-0.1, -0.05) is 59.6 Å². The fraction of sp³-hybridized carbons (Fsp3) is 0.250. The molecule has 2 heterocycles. The number of hydrogen-bond donors (Lipinski definition) is 3. The van der Waals surface area contributed by atoms with Crippen molar-refractivity contribution in [1.82, 2.24) is 15.3 Å². The van der Waals surface area contributed by atoms with Gasteiger partial charge < -0.3 is 34.5 Å². The standard InChI is InChI=1S/C48H45Cl2N5O6/c1-32-40(31-61-48-20-46(41(18-44(48)50)27-53-11-13-57)59-30-37-15-35(22-52)24-55-26-37)9-5-10-42(32)38-8-4-6-33(16-38)28-60-47-19-45(39(17-43(47)49)7-2-3-12-56)58-29-36-14-34(21-51)23-54-25-36/h4-6,8-10,14-20,23-26,53,56-57H,2-3,7,11-13,27-31H2,1H3. The maximum absolute atomic E-state index is 9.35. The maximum atomic E-state index is 9.35. The van der Waals surface area contributed by atoms with Crippen LogP contribution in [-0.2, 0) is 39.4 Å². The summed E-state index contributed by atoms with van der Waals surface area (Å²) in [6.45, 7) is 3.85. The second kappa shape index (κ2) is 22.4. The van der Waals surface area contributed by atoms with Crippen molar-refractivity contribution in [2.24, 2.45) is 0 Å². The first-order valence-corrected chi connectivity index (χ1v) is 20.5. The number of hydrogen-bond acceptors (Lipinski definition) is 11. The van der Waals surface area contributed by atoms with E-state index in [0.29, 0.717) is 70.1 Å². The number of aryl methyl sites for hydroxylation is 1. The van der Waals surface area contributed by atoms with Gasteiger partial charge in [0.05, 0.1) is 27.8 Å². The minimum Gasteiger partial charge on any atom is -0.488 e. The molecule has 3 N–H and O–H groups in total. The number of aliphatic hydroxyl groups is 2. The molecule has 13 heteroatoms. The van der Waals surface area contributed by atoms with Crippen molar-refractivity contribution in [2.75, 3.05) is 19.8 Å². The summed E-state index contributed by atoms with van der Waals surface area (Å²) in [6, 6.07) is 29.1. The van der Waals surface area contributed by atoms with Crippen LogP contribution < -0.4 is 24.3 Å². The number of nitrogens with one attached hydrogen (secondary N) is 1. The minimum atomic E-state index is -0.0103. The Morgan fingerprint density at radius 1 is 0.607 bits per heavy atom. The number of unbranched alkanes of at least 4 members (excludes halogenated alkanes) is 1. The summed E-state index contributed by atoms with van der Waals surface area (Å²) < 4.78 is 25.0. The summed E-state index contributed by atoms with van der Waals surface area (Å²) in [4.78, 5) is 8.26. The normalized spacial score (nSPS) is 10.8. The zero-order valence-electron chi connectivity index (χ0n) is 33.7. The van der Waals surface area contributed by atoms with Crippen molar-refractivity contribution in [1.29, 1.82) is 10.5 Å². The van der Waals surface area contributed by atoms with Crippen molar-refractivity contribution in [3.63, 3.8) is 0 Å². The number of ether oxygens (including phenoxy) is 4. The van der Waals surface area contributed by atoms with Gasteiger partial charge in [0.1, 0.15) is 61.6 Å². The van der Waals surface area contributed by atoms with Crippen molar-refractivity contribution >= 4 is 23.2 Å². The first-order chi connectivity index (χ1) is 29.8. The molecule has 0 bridgehead atoms. The fourth-order valence-electron chi connectivity index (χ4n) is 6.58. The molecular weight excluding hydrogens is 813 g/mol. The highest BCUT2D eigenvalue weighted by molar-refractivity contribution is 6.32. The van der Waals surface area contributed by atoms with E-state index < -0.39 is 0 Å². The van der Waals surface area contributed by atoms with E-state index in [1.54, 1.807) is 42.7 Å². The summed E-state index contributed by atoms with van der Waals surface area (Å²) >= 11 is 13.5. The van der Waals surface area contributed by atoms with Gasteiger partial charge in [-0.25, -0.2) is 0 Å². The van der Waals surface area contributed by atoms with Gasteiger partial charge in [0.2, 0.25) is 0 Å².